The Morgan fingerprint density at radius 2 is 1.53 bits per heavy atom. The average molecular weight is 243 g/mol. The molecular formula is C14H33N3. The zero-order valence-electron chi connectivity index (χ0n) is 12.7. The lowest BCUT2D eigenvalue weighted by Crippen LogP contribution is -2.59. The number of nitrogens with one attached hydrogen (secondary N) is 1. The van der Waals surface area contributed by atoms with Gasteiger partial charge < -0.3 is 0 Å². The fraction of sp³-hybridized carbons (Fsp3) is 1.00. The molecule has 0 spiro atoms. The number of nitrogens with zero attached hydrogens (tertiary/aromatic N) is 1. The van der Waals surface area contributed by atoms with Crippen LogP contribution in [-0.2, 0) is 0 Å². The normalized spacial score (nSPS) is 14.6. The summed E-state index contributed by atoms with van der Waals surface area (Å²) < 4.78 is 0. The minimum absolute atomic E-state index is 0.112. The van der Waals surface area contributed by atoms with Gasteiger partial charge in [0.15, 0.2) is 0 Å². The van der Waals surface area contributed by atoms with E-state index in [1.807, 2.05) is 0 Å². The second-order valence-electron chi connectivity index (χ2n) is 5.46. The van der Waals surface area contributed by atoms with Gasteiger partial charge in [0.2, 0.25) is 0 Å². The van der Waals surface area contributed by atoms with Crippen molar-refractivity contribution in [2.45, 2.75) is 72.4 Å². The Labute approximate surface area is 108 Å². The largest absolute Gasteiger partial charge is 0.297 e. The smallest absolute Gasteiger partial charge is 0.0392 e. The monoisotopic (exact) mass is 243 g/mol. The Kier molecular flexibility index (Phi) is 8.01. The molecule has 3 heteroatoms. The Hall–Kier alpha value is -0.120. The van der Waals surface area contributed by atoms with Crippen molar-refractivity contribution in [3.8, 4) is 0 Å². The van der Waals surface area contributed by atoms with Crippen LogP contribution in [0.25, 0.3) is 0 Å². The first kappa shape index (κ1) is 16.9. The third-order valence-electron chi connectivity index (χ3n) is 4.36. The molecule has 0 saturated carbocycles. The van der Waals surface area contributed by atoms with Crippen molar-refractivity contribution in [3.05, 3.63) is 0 Å². The predicted molar refractivity (Wildman–Crippen MR) is 76.8 cm³/mol. The maximum Gasteiger partial charge on any atom is 0.0392 e. The SMILES string of the molecule is CCC(CC)CC(NN)C(C)(C)N(CC)CC. The third-order valence-corrected chi connectivity index (χ3v) is 4.36. The van der Waals surface area contributed by atoms with Crippen molar-refractivity contribution < 1.29 is 0 Å². The van der Waals surface area contributed by atoms with Gasteiger partial charge in [-0.05, 0) is 39.3 Å². The minimum Gasteiger partial charge on any atom is -0.297 e. The van der Waals surface area contributed by atoms with E-state index in [9.17, 15) is 0 Å². The number of likely N-dealkylation sites (N-methyl/N-ethyl adjacent to an activating group) is 1. The van der Waals surface area contributed by atoms with Crippen molar-refractivity contribution in [3.63, 3.8) is 0 Å². The minimum atomic E-state index is 0.112. The Bertz CT molecular complexity index is 184. The highest BCUT2D eigenvalue weighted by molar-refractivity contribution is 4.92. The predicted octanol–water partition coefficient (Wildman–Crippen LogP) is 2.77. The lowest BCUT2D eigenvalue weighted by molar-refractivity contribution is 0.0791. The fourth-order valence-corrected chi connectivity index (χ4v) is 2.77. The second kappa shape index (κ2) is 8.06. The molecule has 17 heavy (non-hydrogen) atoms. The summed E-state index contributed by atoms with van der Waals surface area (Å²) in [6, 6.07) is 0.354. The fourth-order valence-electron chi connectivity index (χ4n) is 2.77. The molecular weight excluding hydrogens is 210 g/mol. The molecule has 0 bridgehead atoms. The van der Waals surface area contributed by atoms with Crippen molar-refractivity contribution in [2.24, 2.45) is 11.8 Å². The standard InChI is InChI=1S/C14H33N3/c1-7-12(8-2)11-13(16-15)14(5,6)17(9-3)10-4/h12-13,16H,7-11,15H2,1-6H3. The van der Waals surface area contributed by atoms with Gasteiger partial charge in [0.1, 0.15) is 0 Å². The van der Waals surface area contributed by atoms with Crippen LogP contribution in [-0.4, -0.2) is 29.6 Å². The molecule has 0 saturated heterocycles. The summed E-state index contributed by atoms with van der Waals surface area (Å²) in [7, 11) is 0. The van der Waals surface area contributed by atoms with E-state index in [0.717, 1.165) is 25.4 Å². The van der Waals surface area contributed by atoms with Crippen LogP contribution in [0, 0.1) is 5.92 Å². The molecule has 1 atom stereocenters. The van der Waals surface area contributed by atoms with E-state index < -0.39 is 0 Å². The van der Waals surface area contributed by atoms with Crippen molar-refractivity contribution in [1.82, 2.24) is 10.3 Å². The Morgan fingerprint density at radius 3 is 1.82 bits per heavy atom. The van der Waals surface area contributed by atoms with E-state index in [4.69, 9.17) is 5.84 Å². The highest BCUT2D eigenvalue weighted by atomic mass is 15.3. The van der Waals surface area contributed by atoms with Gasteiger partial charge >= 0.3 is 0 Å². The molecule has 0 radical (unpaired) electrons. The molecule has 0 amide bonds. The summed E-state index contributed by atoms with van der Waals surface area (Å²) in [4.78, 5) is 2.49. The number of hydrogen-bond acceptors (Lipinski definition) is 3. The summed E-state index contributed by atoms with van der Waals surface area (Å²) in [6.45, 7) is 15.7. The van der Waals surface area contributed by atoms with Crippen LogP contribution in [0.4, 0.5) is 0 Å². The summed E-state index contributed by atoms with van der Waals surface area (Å²) in [5, 5.41) is 0. The molecule has 1 unspecified atom stereocenters. The van der Waals surface area contributed by atoms with Crippen molar-refractivity contribution >= 4 is 0 Å². The van der Waals surface area contributed by atoms with Gasteiger partial charge in [-0.1, -0.05) is 40.5 Å². The first-order chi connectivity index (χ1) is 7.97. The Balaban J connectivity index is 4.71. The lowest BCUT2D eigenvalue weighted by Gasteiger charge is -2.44. The first-order valence-corrected chi connectivity index (χ1v) is 7.18. The number of hydrogen-bond donors (Lipinski definition) is 2. The average Bonchev–Trinajstić information content (AvgIpc) is 2.31. The second-order valence-corrected chi connectivity index (χ2v) is 5.46. The molecule has 0 fully saturated rings. The van der Waals surface area contributed by atoms with E-state index >= 15 is 0 Å². The van der Waals surface area contributed by atoms with E-state index in [1.165, 1.54) is 12.8 Å². The molecule has 3 nitrogen and oxygen atoms in total. The van der Waals surface area contributed by atoms with Gasteiger partial charge in [-0.25, -0.2) is 0 Å². The molecule has 0 aromatic heterocycles. The van der Waals surface area contributed by atoms with Gasteiger partial charge in [-0.3, -0.25) is 16.2 Å². The van der Waals surface area contributed by atoms with Gasteiger partial charge in [0, 0.05) is 11.6 Å². The Morgan fingerprint density at radius 1 is 1.06 bits per heavy atom. The van der Waals surface area contributed by atoms with Crippen LogP contribution in [0.5, 0.6) is 0 Å². The molecule has 0 aromatic rings. The van der Waals surface area contributed by atoms with Crippen LogP contribution in [0.15, 0.2) is 0 Å². The highest BCUT2D eigenvalue weighted by Gasteiger charge is 2.34. The van der Waals surface area contributed by atoms with Crippen molar-refractivity contribution in [2.75, 3.05) is 13.1 Å². The van der Waals surface area contributed by atoms with Gasteiger partial charge in [-0.2, -0.15) is 0 Å². The van der Waals surface area contributed by atoms with E-state index in [1.54, 1.807) is 0 Å². The molecule has 0 aliphatic carbocycles. The lowest BCUT2D eigenvalue weighted by atomic mass is 9.84. The molecule has 104 valence electrons. The van der Waals surface area contributed by atoms with Gasteiger partial charge in [0.05, 0.1) is 0 Å². The maximum atomic E-state index is 5.79. The number of rotatable bonds is 9. The first-order valence-electron chi connectivity index (χ1n) is 7.18. The van der Waals surface area contributed by atoms with E-state index in [0.29, 0.717) is 6.04 Å². The van der Waals surface area contributed by atoms with E-state index in [2.05, 4.69) is 51.9 Å². The zero-order chi connectivity index (χ0) is 13.5. The highest BCUT2D eigenvalue weighted by Crippen LogP contribution is 2.25. The molecule has 3 N–H and O–H groups in total. The molecule has 0 aromatic carbocycles. The van der Waals surface area contributed by atoms with Crippen molar-refractivity contribution in [1.29, 1.82) is 0 Å². The molecule has 0 rings (SSSR count). The van der Waals surface area contributed by atoms with Crippen LogP contribution in [0.2, 0.25) is 0 Å². The zero-order valence-corrected chi connectivity index (χ0v) is 12.7. The van der Waals surface area contributed by atoms with Gasteiger partial charge in [0.25, 0.3) is 0 Å². The van der Waals surface area contributed by atoms with Gasteiger partial charge in [-0.15, -0.1) is 0 Å². The summed E-state index contributed by atoms with van der Waals surface area (Å²) >= 11 is 0. The molecule has 0 aliphatic heterocycles. The summed E-state index contributed by atoms with van der Waals surface area (Å²) in [6.07, 6.45) is 3.64. The van der Waals surface area contributed by atoms with E-state index in [-0.39, 0.29) is 5.54 Å². The summed E-state index contributed by atoms with van der Waals surface area (Å²) in [5.41, 5.74) is 3.16. The third kappa shape index (κ3) is 4.57. The van der Waals surface area contributed by atoms with Crippen LogP contribution >= 0.6 is 0 Å². The van der Waals surface area contributed by atoms with Crippen LogP contribution in [0.3, 0.4) is 0 Å². The molecule has 0 heterocycles. The topological polar surface area (TPSA) is 41.3 Å². The maximum absolute atomic E-state index is 5.79. The quantitative estimate of drug-likeness (QED) is 0.483. The number of nitrogens with two attached hydrogens (primary N) is 1. The summed E-state index contributed by atoms with van der Waals surface area (Å²) in [5.74, 6) is 6.56. The number of hydrazine groups is 1. The van der Waals surface area contributed by atoms with Crippen LogP contribution in [0.1, 0.15) is 60.8 Å². The molecule has 0 aliphatic rings. The van der Waals surface area contributed by atoms with Crippen LogP contribution < -0.4 is 11.3 Å².